The molecule has 2 N–H and O–H groups in total. The highest BCUT2D eigenvalue weighted by Crippen LogP contribution is 2.34. The lowest BCUT2D eigenvalue weighted by Gasteiger charge is -2.44. The van der Waals surface area contributed by atoms with Crippen LogP contribution < -0.4 is 10.6 Å². The summed E-state index contributed by atoms with van der Waals surface area (Å²) in [7, 11) is 0. The van der Waals surface area contributed by atoms with Gasteiger partial charge in [0.1, 0.15) is 12.7 Å². The summed E-state index contributed by atoms with van der Waals surface area (Å²) in [4.78, 5) is 38.2. The molecule has 0 radical (unpaired) electrons. The van der Waals surface area contributed by atoms with Crippen LogP contribution in [0.25, 0.3) is 0 Å². The van der Waals surface area contributed by atoms with Crippen LogP contribution in [0.5, 0.6) is 0 Å². The lowest BCUT2D eigenvalue weighted by atomic mass is 9.85. The van der Waals surface area contributed by atoms with E-state index < -0.39 is 23.3 Å². The van der Waals surface area contributed by atoms with Gasteiger partial charge in [-0.3, -0.25) is 14.4 Å². The van der Waals surface area contributed by atoms with Gasteiger partial charge in [0.2, 0.25) is 11.8 Å². The summed E-state index contributed by atoms with van der Waals surface area (Å²) in [5, 5.41) is 5.89. The molecule has 0 spiro atoms. The normalized spacial score (nSPS) is 17.7. The lowest BCUT2D eigenvalue weighted by Crippen LogP contribution is -2.56. The average molecular weight is 657 g/mol. The van der Waals surface area contributed by atoms with Crippen LogP contribution in [0.3, 0.4) is 0 Å². The van der Waals surface area contributed by atoms with Gasteiger partial charge in [-0.05, 0) is 57.9 Å². The number of esters is 1. The molecule has 0 saturated carbocycles. The van der Waals surface area contributed by atoms with Crippen molar-refractivity contribution in [3.8, 4) is 0 Å². The summed E-state index contributed by atoms with van der Waals surface area (Å²) in [6, 6.07) is 9.54. The Hall–Kier alpha value is -2.71. The lowest BCUT2D eigenvalue weighted by molar-refractivity contribution is -0.304. The summed E-state index contributed by atoms with van der Waals surface area (Å²) < 4.78 is 17.1. The molecular weight excluding hydrogens is 592 g/mol. The van der Waals surface area contributed by atoms with Crippen LogP contribution in [0.15, 0.2) is 42.5 Å². The molecule has 2 atom stereocenters. The van der Waals surface area contributed by atoms with Crippen molar-refractivity contribution in [3.63, 3.8) is 0 Å². The number of rotatable bonds is 24. The quantitative estimate of drug-likeness (QED) is 0.0665. The Bertz CT molecular complexity index is 1050. The van der Waals surface area contributed by atoms with Gasteiger partial charge in [-0.2, -0.15) is 0 Å². The molecule has 1 aliphatic rings. The molecule has 0 aliphatic carbocycles. The second kappa shape index (κ2) is 22.8. The first-order valence-corrected chi connectivity index (χ1v) is 18.3. The summed E-state index contributed by atoms with van der Waals surface area (Å²) in [5.74, 6) is -1.57. The van der Waals surface area contributed by atoms with E-state index in [9.17, 15) is 14.4 Å². The van der Waals surface area contributed by atoms with Crippen molar-refractivity contribution in [2.75, 3.05) is 19.8 Å². The van der Waals surface area contributed by atoms with Crippen LogP contribution in [-0.4, -0.2) is 55.5 Å². The number of ether oxygens (including phenoxy) is 3. The molecule has 1 saturated heterocycles. The summed E-state index contributed by atoms with van der Waals surface area (Å²) >= 11 is 0. The molecule has 1 aromatic carbocycles. The van der Waals surface area contributed by atoms with E-state index in [0.29, 0.717) is 19.4 Å². The van der Waals surface area contributed by atoms with E-state index >= 15 is 0 Å². The van der Waals surface area contributed by atoms with Gasteiger partial charge in [-0.1, -0.05) is 115 Å². The molecule has 8 heteroatoms. The Morgan fingerprint density at radius 3 is 2.15 bits per heavy atom. The van der Waals surface area contributed by atoms with Gasteiger partial charge in [-0.15, -0.1) is 0 Å². The van der Waals surface area contributed by atoms with Crippen molar-refractivity contribution >= 4 is 17.8 Å². The van der Waals surface area contributed by atoms with Crippen LogP contribution in [0.4, 0.5) is 0 Å². The van der Waals surface area contributed by atoms with E-state index in [4.69, 9.17) is 14.2 Å². The largest absolute Gasteiger partial charge is 0.463 e. The molecule has 8 nitrogen and oxygen atoms in total. The molecular formula is C39H64N2O6. The molecule has 0 bridgehead atoms. The number of hydrogen-bond acceptors (Lipinski definition) is 6. The summed E-state index contributed by atoms with van der Waals surface area (Å²) in [6.45, 7) is 10.3. The Morgan fingerprint density at radius 1 is 0.872 bits per heavy atom. The third-order valence-corrected chi connectivity index (χ3v) is 8.57. The molecule has 1 fully saturated rings. The fourth-order valence-corrected chi connectivity index (χ4v) is 5.67. The van der Waals surface area contributed by atoms with E-state index in [1.54, 1.807) is 13.8 Å². The predicted octanol–water partition coefficient (Wildman–Crippen LogP) is 7.98. The molecule has 266 valence electrons. The van der Waals surface area contributed by atoms with Gasteiger partial charge >= 0.3 is 5.97 Å². The number of benzene rings is 1. The van der Waals surface area contributed by atoms with E-state index in [-0.39, 0.29) is 37.4 Å². The van der Waals surface area contributed by atoms with Gasteiger partial charge in [0.15, 0.2) is 5.79 Å². The number of carbonyl (C=O) groups excluding carboxylic acids is 3. The zero-order valence-electron chi connectivity index (χ0n) is 30.1. The number of hydrogen-bond donors (Lipinski definition) is 2. The van der Waals surface area contributed by atoms with E-state index in [0.717, 1.165) is 31.2 Å². The standard InChI is InChI=1S/C39H64N2O6/c1-6-7-8-9-10-11-12-13-14-15-16-17-18-19-23-26-34(42)41-33(29-32-24-21-20-22-25-32)30-45-35(43)27-28-40-37(44)36-38(2,3)31-46-39(4,5)47-36/h13-14,20-22,24-25,33,36H,6-12,15-19,23,26-31H2,1-5H3,(H,40,44)(H,41,42)/b14-13-. The van der Waals surface area contributed by atoms with Crippen molar-refractivity contribution in [2.45, 2.75) is 155 Å². The molecule has 47 heavy (non-hydrogen) atoms. The Morgan fingerprint density at radius 2 is 1.49 bits per heavy atom. The van der Waals surface area contributed by atoms with E-state index in [1.165, 1.54) is 57.8 Å². The highest BCUT2D eigenvalue weighted by Gasteiger charge is 2.45. The fourth-order valence-electron chi connectivity index (χ4n) is 5.67. The summed E-state index contributed by atoms with van der Waals surface area (Å²) in [5.41, 5.74) is 0.566. The van der Waals surface area contributed by atoms with Crippen molar-refractivity contribution in [1.29, 1.82) is 0 Å². The van der Waals surface area contributed by atoms with Gasteiger partial charge in [0, 0.05) is 18.4 Å². The topological polar surface area (TPSA) is 103 Å². The van der Waals surface area contributed by atoms with Crippen molar-refractivity contribution in [2.24, 2.45) is 5.41 Å². The SMILES string of the molecule is CCCCCCCC/C=C\CCCCCCCC(=O)NC(COC(=O)CCNC(=O)C1OC(C)(C)OCC1(C)C)Cc1ccccc1. The highest BCUT2D eigenvalue weighted by molar-refractivity contribution is 5.82. The van der Waals surface area contributed by atoms with Crippen molar-refractivity contribution < 1.29 is 28.6 Å². The van der Waals surface area contributed by atoms with Crippen LogP contribution in [0.1, 0.15) is 136 Å². The molecule has 0 aromatic heterocycles. The maximum atomic E-state index is 12.8. The maximum absolute atomic E-state index is 12.8. The number of carbonyl (C=O) groups is 3. The zero-order valence-corrected chi connectivity index (χ0v) is 30.1. The number of nitrogens with one attached hydrogen (secondary N) is 2. The molecule has 2 amide bonds. The first-order chi connectivity index (χ1) is 22.5. The number of unbranched alkanes of at least 4 members (excludes halogenated alkanes) is 11. The molecule has 1 heterocycles. The van der Waals surface area contributed by atoms with Gasteiger partial charge < -0.3 is 24.8 Å². The van der Waals surface area contributed by atoms with Gasteiger partial charge in [0.05, 0.1) is 19.1 Å². The van der Waals surface area contributed by atoms with Gasteiger partial charge in [0.25, 0.3) is 0 Å². The first kappa shape index (κ1) is 40.5. The first-order valence-electron chi connectivity index (χ1n) is 18.3. The third-order valence-electron chi connectivity index (χ3n) is 8.57. The van der Waals surface area contributed by atoms with Crippen LogP contribution >= 0.6 is 0 Å². The average Bonchev–Trinajstić information content (AvgIpc) is 3.03. The minimum Gasteiger partial charge on any atom is -0.463 e. The second-order valence-corrected chi connectivity index (χ2v) is 14.2. The Balaban J connectivity index is 1.64. The maximum Gasteiger partial charge on any atom is 0.307 e. The second-order valence-electron chi connectivity index (χ2n) is 14.2. The third kappa shape index (κ3) is 18.4. The fraction of sp³-hybridized carbons (Fsp3) is 0.718. The minimum absolute atomic E-state index is 0.0196. The van der Waals surface area contributed by atoms with Crippen LogP contribution in [0.2, 0.25) is 0 Å². The smallest absolute Gasteiger partial charge is 0.307 e. The molecule has 1 aliphatic heterocycles. The summed E-state index contributed by atoms with van der Waals surface area (Å²) in [6.07, 6.45) is 20.9. The van der Waals surface area contributed by atoms with Crippen LogP contribution in [0, 0.1) is 5.41 Å². The monoisotopic (exact) mass is 656 g/mol. The van der Waals surface area contributed by atoms with Crippen molar-refractivity contribution in [1.82, 2.24) is 10.6 Å². The molecule has 1 aromatic rings. The molecule has 2 rings (SSSR count). The van der Waals surface area contributed by atoms with Crippen molar-refractivity contribution in [3.05, 3.63) is 48.0 Å². The van der Waals surface area contributed by atoms with E-state index in [1.807, 2.05) is 44.2 Å². The van der Waals surface area contributed by atoms with Gasteiger partial charge in [-0.25, -0.2) is 0 Å². The predicted molar refractivity (Wildman–Crippen MR) is 189 cm³/mol. The van der Waals surface area contributed by atoms with Crippen LogP contribution in [-0.2, 0) is 35.0 Å². The highest BCUT2D eigenvalue weighted by atomic mass is 16.7. The molecule has 2 unspecified atom stereocenters. The Kier molecular flexibility index (Phi) is 19.6. The minimum atomic E-state index is -0.849. The Labute approximate surface area is 285 Å². The number of allylic oxidation sites excluding steroid dienone is 2. The zero-order chi connectivity index (χ0) is 34.4. The van der Waals surface area contributed by atoms with E-state index in [2.05, 4.69) is 29.7 Å². The number of amides is 2.